The van der Waals surface area contributed by atoms with Gasteiger partial charge in [-0.2, -0.15) is 0 Å². The molecule has 3 nitrogen and oxygen atoms in total. The van der Waals surface area contributed by atoms with Crippen LogP contribution in [0.15, 0.2) is 0 Å². The van der Waals surface area contributed by atoms with Crippen molar-refractivity contribution in [2.24, 2.45) is 0 Å². The van der Waals surface area contributed by atoms with Crippen molar-refractivity contribution in [1.82, 2.24) is 4.90 Å². The fourth-order valence-electron chi connectivity index (χ4n) is 2.32. The van der Waals surface area contributed by atoms with Crippen LogP contribution in [0.2, 0.25) is 0 Å². The van der Waals surface area contributed by atoms with E-state index in [2.05, 4.69) is 21.0 Å². The van der Waals surface area contributed by atoms with Crippen LogP contribution < -0.4 is 0 Å². The molecule has 0 saturated carbocycles. The molecule has 0 fully saturated rings. The molecule has 0 rings (SSSR count). The lowest BCUT2D eigenvalue weighted by molar-refractivity contribution is -1.06. The fourth-order valence-corrected chi connectivity index (χ4v) is 2.52. The quantitative estimate of drug-likeness (QED) is 0.223. The van der Waals surface area contributed by atoms with Crippen LogP contribution in [0.4, 0.5) is 0 Å². The molecule has 126 valence electrons. The number of nitrogens with zero attached hydrogens (tertiary/aromatic N) is 2. The maximum Gasteiger partial charge on any atom is 0.324 e. The first-order valence-corrected chi connectivity index (χ1v) is 9.03. The van der Waals surface area contributed by atoms with Crippen molar-refractivity contribution in [3.05, 3.63) is 0 Å². The molecule has 0 aromatic heterocycles. The van der Waals surface area contributed by atoms with Gasteiger partial charge in [-0.15, -0.1) is 4.65 Å². The topological polar surface area (TPSA) is 12.5 Å². The summed E-state index contributed by atoms with van der Waals surface area (Å²) < 4.78 is 0.522. The summed E-state index contributed by atoms with van der Waals surface area (Å²) in [5.74, 6) is 0. The molecule has 0 amide bonds. The Kier molecular flexibility index (Phi) is 12.0. The first-order valence-electron chi connectivity index (χ1n) is 8.63. The van der Waals surface area contributed by atoms with Crippen LogP contribution in [0.5, 0.6) is 0 Å². The van der Waals surface area contributed by atoms with Gasteiger partial charge in [0.15, 0.2) is 0 Å². The zero-order valence-electron chi connectivity index (χ0n) is 15.0. The molecule has 0 aliphatic carbocycles. The summed E-state index contributed by atoms with van der Waals surface area (Å²) >= 11 is 5.19. The summed E-state index contributed by atoms with van der Waals surface area (Å²) in [4.78, 5) is 7.62. The molecule has 0 heterocycles. The average Bonchev–Trinajstić information content (AvgIpc) is 2.40. The number of unbranched alkanes of at least 4 members (excludes halogenated alkanes) is 9. The minimum absolute atomic E-state index is 0.522. The normalized spacial score (nSPS) is 11.5. The fraction of sp³-hybridized carbons (Fsp3) is 0.941. The number of hydrogen-bond acceptors (Lipinski definition) is 2. The second-order valence-corrected chi connectivity index (χ2v) is 7.08. The second-order valence-electron chi connectivity index (χ2n) is 6.73. The van der Waals surface area contributed by atoms with Gasteiger partial charge in [0.2, 0.25) is 0 Å². The van der Waals surface area contributed by atoms with Crippen molar-refractivity contribution >= 4 is 17.4 Å². The van der Waals surface area contributed by atoms with Gasteiger partial charge in [-0.05, 0) is 18.6 Å². The van der Waals surface area contributed by atoms with E-state index in [4.69, 9.17) is 17.1 Å². The van der Waals surface area contributed by atoms with Gasteiger partial charge in [0.25, 0.3) is 0 Å². The minimum atomic E-state index is 0.522. The number of quaternary nitrogens is 1. The van der Waals surface area contributed by atoms with E-state index in [1.165, 1.54) is 64.2 Å². The highest BCUT2D eigenvalue weighted by Gasteiger charge is 2.20. The Morgan fingerprint density at radius 2 is 1.29 bits per heavy atom. The molecule has 0 unspecified atom stereocenters. The second kappa shape index (κ2) is 12.2. The van der Waals surface area contributed by atoms with Crippen LogP contribution in [-0.4, -0.2) is 49.5 Å². The van der Waals surface area contributed by atoms with Crippen LogP contribution in [0.3, 0.4) is 0 Å². The van der Waals surface area contributed by atoms with Crippen LogP contribution >= 0.6 is 12.2 Å². The molecule has 0 aliphatic heterocycles. The van der Waals surface area contributed by atoms with E-state index < -0.39 is 0 Å². The number of thiocarbonyl (C=S) groups is 1. The zero-order valence-corrected chi connectivity index (χ0v) is 15.8. The highest BCUT2D eigenvalue weighted by atomic mass is 32.1. The zero-order chi connectivity index (χ0) is 16.1. The Morgan fingerprint density at radius 1 is 0.857 bits per heavy atom. The maximum atomic E-state index is 5.78. The lowest BCUT2D eigenvalue weighted by Gasteiger charge is -2.29. The van der Waals surface area contributed by atoms with E-state index >= 15 is 0 Å². The van der Waals surface area contributed by atoms with Gasteiger partial charge >= 0.3 is 5.17 Å². The molecule has 0 bridgehead atoms. The van der Waals surface area contributed by atoms with Gasteiger partial charge < -0.3 is 4.90 Å². The number of hydroxylamine groups is 3. The van der Waals surface area contributed by atoms with Crippen molar-refractivity contribution in [3.8, 4) is 0 Å². The lowest BCUT2D eigenvalue weighted by Crippen LogP contribution is -2.44. The van der Waals surface area contributed by atoms with Gasteiger partial charge in [0.1, 0.15) is 20.6 Å². The number of hydrogen-bond donors (Lipinski definition) is 0. The third kappa shape index (κ3) is 13.1. The van der Waals surface area contributed by atoms with Crippen LogP contribution in [-0.2, 0) is 4.84 Å². The SMILES string of the molecule is CCCCCCCCCCCC[N+](C)(C)OC(=S)N(C)C. The first-order chi connectivity index (χ1) is 9.89. The van der Waals surface area contributed by atoms with Gasteiger partial charge in [-0.1, -0.05) is 58.3 Å². The Morgan fingerprint density at radius 3 is 1.71 bits per heavy atom. The summed E-state index contributed by atoms with van der Waals surface area (Å²) in [5, 5.41) is 0.562. The Bertz CT molecular complexity index is 268. The van der Waals surface area contributed by atoms with Crippen molar-refractivity contribution in [2.75, 3.05) is 34.7 Å². The molecule has 0 atom stereocenters. The third-order valence-corrected chi connectivity index (χ3v) is 4.18. The minimum Gasteiger partial charge on any atom is -0.334 e. The van der Waals surface area contributed by atoms with E-state index in [1.807, 2.05) is 19.0 Å². The Balaban J connectivity index is 3.47. The van der Waals surface area contributed by atoms with E-state index in [0.29, 0.717) is 9.82 Å². The summed E-state index contributed by atoms with van der Waals surface area (Å²) in [6.07, 6.45) is 13.7. The lowest BCUT2D eigenvalue weighted by atomic mass is 10.1. The molecule has 0 aromatic rings. The predicted octanol–water partition coefficient (Wildman–Crippen LogP) is 4.76. The molecular weight excluding hydrogens is 280 g/mol. The Hall–Kier alpha value is -0.350. The average molecular weight is 318 g/mol. The molecule has 4 heteroatoms. The molecule has 0 radical (unpaired) electrons. The molecule has 0 spiro atoms. The summed E-state index contributed by atoms with van der Waals surface area (Å²) in [6, 6.07) is 0. The van der Waals surface area contributed by atoms with E-state index in [1.54, 1.807) is 0 Å². The summed E-state index contributed by atoms with van der Waals surface area (Å²) in [7, 11) is 7.98. The van der Waals surface area contributed by atoms with Crippen molar-refractivity contribution in [3.63, 3.8) is 0 Å². The smallest absolute Gasteiger partial charge is 0.324 e. The molecule has 21 heavy (non-hydrogen) atoms. The number of rotatable bonds is 12. The van der Waals surface area contributed by atoms with Gasteiger partial charge in [0, 0.05) is 20.5 Å². The molecule has 0 aromatic carbocycles. The predicted molar refractivity (Wildman–Crippen MR) is 96.2 cm³/mol. The third-order valence-electron chi connectivity index (χ3n) is 3.74. The summed E-state index contributed by atoms with van der Waals surface area (Å²) in [5.41, 5.74) is 0. The Labute approximate surface area is 138 Å². The standard InChI is InChI=1S/C17H37N2OS/c1-6-7-8-9-10-11-12-13-14-15-16-19(4,5)20-17(21)18(2)3/h6-16H2,1-5H3/q+1. The molecule has 0 saturated heterocycles. The molecule has 0 N–H and O–H groups in total. The maximum absolute atomic E-state index is 5.78. The van der Waals surface area contributed by atoms with Crippen molar-refractivity contribution in [2.45, 2.75) is 71.1 Å². The van der Waals surface area contributed by atoms with E-state index in [-0.39, 0.29) is 0 Å². The van der Waals surface area contributed by atoms with Crippen molar-refractivity contribution in [1.29, 1.82) is 0 Å². The van der Waals surface area contributed by atoms with Crippen LogP contribution in [0.1, 0.15) is 71.1 Å². The van der Waals surface area contributed by atoms with Crippen LogP contribution in [0, 0.1) is 0 Å². The molecular formula is C17H37N2OS+. The van der Waals surface area contributed by atoms with E-state index in [9.17, 15) is 0 Å². The van der Waals surface area contributed by atoms with E-state index in [0.717, 1.165) is 6.54 Å². The van der Waals surface area contributed by atoms with Gasteiger partial charge in [0.05, 0.1) is 0 Å². The highest BCUT2D eigenvalue weighted by molar-refractivity contribution is 7.79. The highest BCUT2D eigenvalue weighted by Crippen LogP contribution is 2.12. The molecule has 0 aliphatic rings. The monoisotopic (exact) mass is 317 g/mol. The van der Waals surface area contributed by atoms with Gasteiger partial charge in [-0.3, -0.25) is 4.84 Å². The first kappa shape index (κ1) is 20.6. The largest absolute Gasteiger partial charge is 0.334 e. The van der Waals surface area contributed by atoms with Gasteiger partial charge in [-0.25, -0.2) is 0 Å². The van der Waals surface area contributed by atoms with Crippen LogP contribution in [0.25, 0.3) is 0 Å². The summed E-state index contributed by atoms with van der Waals surface area (Å²) in [6.45, 7) is 3.29. The van der Waals surface area contributed by atoms with Crippen molar-refractivity contribution < 1.29 is 9.48 Å².